The van der Waals surface area contributed by atoms with Crippen LogP contribution in [0.4, 0.5) is 4.39 Å². The summed E-state index contributed by atoms with van der Waals surface area (Å²) in [5.41, 5.74) is 0. The molecule has 0 aromatic rings. The second kappa shape index (κ2) is 30.2. The Morgan fingerprint density at radius 1 is 1.26 bits per heavy atom. The topological polar surface area (TPSA) is 55.4 Å². The van der Waals surface area contributed by atoms with Crippen LogP contribution in [0.3, 0.4) is 0 Å². The average Bonchev–Trinajstić information content (AvgIpc) is 2.32. The molecule has 0 rings (SSSR count). The SMILES string of the molecule is C.CC.CCF.CCOC(C)=O.CNC(C)C(C)=O.[HH]. The van der Waals surface area contributed by atoms with Crippen molar-refractivity contribution in [1.82, 2.24) is 5.32 Å². The lowest BCUT2D eigenvalue weighted by atomic mass is 10.2. The van der Waals surface area contributed by atoms with E-state index in [1.165, 1.54) is 13.8 Å². The van der Waals surface area contributed by atoms with Crippen molar-refractivity contribution < 1.29 is 20.1 Å². The molecule has 5 heteroatoms. The first-order valence-electron chi connectivity index (χ1n) is 6.24. The van der Waals surface area contributed by atoms with Crippen molar-refractivity contribution >= 4 is 11.8 Å². The number of carbonyl (C=O) groups excluding carboxylic acids is 2. The van der Waals surface area contributed by atoms with Gasteiger partial charge in [0.25, 0.3) is 0 Å². The molecular formula is C14H36FNO3. The second-order valence-corrected chi connectivity index (χ2v) is 2.81. The Hall–Kier alpha value is -0.970. The summed E-state index contributed by atoms with van der Waals surface area (Å²) in [5.74, 6) is -0.0278. The van der Waals surface area contributed by atoms with Gasteiger partial charge in [-0.3, -0.25) is 14.0 Å². The fourth-order valence-corrected chi connectivity index (χ4v) is 0.407. The molecule has 122 valence electrons. The number of alkyl halides is 1. The van der Waals surface area contributed by atoms with Gasteiger partial charge in [0.1, 0.15) is 5.78 Å². The number of ether oxygens (including phenoxy) is 1. The van der Waals surface area contributed by atoms with Gasteiger partial charge in [-0.2, -0.15) is 0 Å². The van der Waals surface area contributed by atoms with E-state index in [4.69, 9.17) is 0 Å². The van der Waals surface area contributed by atoms with Crippen molar-refractivity contribution in [1.29, 1.82) is 0 Å². The zero-order valence-electron chi connectivity index (χ0n) is 13.1. The molecule has 1 N–H and O–H groups in total. The van der Waals surface area contributed by atoms with Gasteiger partial charge in [-0.05, 0) is 34.7 Å². The summed E-state index contributed by atoms with van der Waals surface area (Å²) in [6.45, 7) is 12.3. The average molecular weight is 285 g/mol. The fourth-order valence-electron chi connectivity index (χ4n) is 0.407. The van der Waals surface area contributed by atoms with Gasteiger partial charge in [0, 0.05) is 8.35 Å². The molecule has 0 bridgehead atoms. The van der Waals surface area contributed by atoms with Gasteiger partial charge in [0.15, 0.2) is 0 Å². The largest absolute Gasteiger partial charge is 0.466 e. The van der Waals surface area contributed by atoms with Crippen molar-refractivity contribution in [3.05, 3.63) is 0 Å². The van der Waals surface area contributed by atoms with Crippen LogP contribution in [0.1, 0.15) is 57.3 Å². The molecule has 0 fully saturated rings. The van der Waals surface area contributed by atoms with Gasteiger partial charge < -0.3 is 10.1 Å². The van der Waals surface area contributed by atoms with Gasteiger partial charge in [0.2, 0.25) is 0 Å². The molecule has 19 heavy (non-hydrogen) atoms. The van der Waals surface area contributed by atoms with Crippen LogP contribution >= 0.6 is 0 Å². The third-order valence-corrected chi connectivity index (χ3v) is 1.39. The van der Waals surface area contributed by atoms with Gasteiger partial charge in [-0.15, -0.1) is 0 Å². The lowest BCUT2D eigenvalue weighted by molar-refractivity contribution is -0.140. The maximum atomic E-state index is 10.3. The van der Waals surface area contributed by atoms with Crippen LogP contribution < -0.4 is 5.32 Å². The number of nitrogens with one attached hydrogen (secondary N) is 1. The third kappa shape index (κ3) is 59.7. The molecule has 0 aliphatic rings. The van der Waals surface area contributed by atoms with E-state index in [2.05, 4.69) is 10.1 Å². The molecule has 0 aliphatic heterocycles. The molecule has 1 atom stereocenters. The van der Waals surface area contributed by atoms with Crippen molar-refractivity contribution in [3.8, 4) is 0 Å². The summed E-state index contributed by atoms with van der Waals surface area (Å²) in [6, 6.07) is 0.0139. The first kappa shape index (κ1) is 30.8. The summed E-state index contributed by atoms with van der Waals surface area (Å²) in [7, 11) is 1.77. The molecule has 0 saturated carbocycles. The molecular weight excluding hydrogens is 249 g/mol. The summed E-state index contributed by atoms with van der Waals surface area (Å²) in [4.78, 5) is 20.1. The zero-order chi connectivity index (χ0) is 15.6. The van der Waals surface area contributed by atoms with Gasteiger partial charge in [-0.1, -0.05) is 21.3 Å². The normalized spacial score (nSPS) is 8.68. The van der Waals surface area contributed by atoms with E-state index >= 15 is 0 Å². The molecule has 0 aliphatic carbocycles. The monoisotopic (exact) mass is 285 g/mol. The minimum Gasteiger partial charge on any atom is -0.466 e. The third-order valence-electron chi connectivity index (χ3n) is 1.39. The Bertz CT molecular complexity index is 182. The molecule has 1 unspecified atom stereocenters. The quantitative estimate of drug-likeness (QED) is 0.804. The number of likely N-dealkylation sites (N-methyl/N-ethyl adjacent to an activating group) is 1. The number of Topliss-reactive ketones (excluding diaryl/α,β-unsaturated/α-hetero) is 1. The number of hydrogen-bond acceptors (Lipinski definition) is 4. The van der Waals surface area contributed by atoms with E-state index in [9.17, 15) is 14.0 Å². The molecule has 0 radical (unpaired) electrons. The highest BCUT2D eigenvalue weighted by molar-refractivity contribution is 5.80. The summed E-state index contributed by atoms with van der Waals surface area (Å²) < 4.78 is 14.7. The number of esters is 1. The second-order valence-electron chi connectivity index (χ2n) is 2.81. The van der Waals surface area contributed by atoms with E-state index in [1.54, 1.807) is 20.9 Å². The highest BCUT2D eigenvalue weighted by Gasteiger charge is 2.00. The van der Waals surface area contributed by atoms with E-state index in [0.29, 0.717) is 6.61 Å². The Kier molecular flexibility index (Phi) is 49.0. The van der Waals surface area contributed by atoms with Crippen molar-refractivity contribution in [2.75, 3.05) is 20.3 Å². The highest BCUT2D eigenvalue weighted by atomic mass is 19.1. The highest BCUT2D eigenvalue weighted by Crippen LogP contribution is 1.77. The van der Waals surface area contributed by atoms with Crippen LogP contribution in [-0.4, -0.2) is 38.1 Å². The molecule has 0 amide bonds. The van der Waals surface area contributed by atoms with Crippen LogP contribution in [0.2, 0.25) is 0 Å². The number of halogens is 1. The molecule has 0 spiro atoms. The molecule has 0 aromatic carbocycles. The maximum absolute atomic E-state index is 10.3. The number of hydrogen-bond donors (Lipinski definition) is 1. The Morgan fingerprint density at radius 3 is 1.58 bits per heavy atom. The Morgan fingerprint density at radius 2 is 1.58 bits per heavy atom. The van der Waals surface area contributed by atoms with Crippen LogP contribution in [0.25, 0.3) is 0 Å². The van der Waals surface area contributed by atoms with E-state index in [-0.39, 0.29) is 33.3 Å². The standard InChI is InChI=1S/C5H11NO.C4H8O2.C2H5F.C2H6.CH4.H2/c1-4(6-3)5(2)7;1-3-6-4(2)5;1-2-3;1-2;;/h4,6H,1-3H3;3H2,1-2H3;2H2,1H3;1-2H3;1H4;1H. The van der Waals surface area contributed by atoms with Crippen LogP contribution in [-0.2, 0) is 14.3 Å². The van der Waals surface area contributed by atoms with Crippen molar-refractivity contribution in [3.63, 3.8) is 0 Å². The van der Waals surface area contributed by atoms with Gasteiger partial charge >= 0.3 is 5.97 Å². The molecule has 0 aromatic heterocycles. The zero-order valence-corrected chi connectivity index (χ0v) is 13.1. The summed E-state index contributed by atoms with van der Waals surface area (Å²) >= 11 is 0. The first-order chi connectivity index (χ1) is 8.37. The fraction of sp³-hybridized carbons (Fsp3) is 0.857. The van der Waals surface area contributed by atoms with Crippen molar-refractivity contribution in [2.24, 2.45) is 0 Å². The molecule has 0 saturated heterocycles. The smallest absolute Gasteiger partial charge is 0.302 e. The lowest BCUT2D eigenvalue weighted by Crippen LogP contribution is -2.28. The molecule has 0 heterocycles. The van der Waals surface area contributed by atoms with Crippen molar-refractivity contribution in [2.45, 2.75) is 61.9 Å². The minimum atomic E-state index is -0.250. The number of carbonyl (C=O) groups is 2. The van der Waals surface area contributed by atoms with E-state index < -0.39 is 0 Å². The number of ketones is 1. The van der Waals surface area contributed by atoms with E-state index in [1.807, 2.05) is 20.8 Å². The molecule has 4 nitrogen and oxygen atoms in total. The Balaban J connectivity index is -0.0000000347. The number of rotatable bonds is 3. The lowest BCUT2D eigenvalue weighted by Gasteiger charge is -2.01. The van der Waals surface area contributed by atoms with Gasteiger partial charge in [-0.25, -0.2) is 0 Å². The maximum Gasteiger partial charge on any atom is 0.302 e. The summed E-state index contributed by atoms with van der Waals surface area (Å²) in [6.07, 6.45) is 0. The minimum absolute atomic E-state index is 0. The predicted molar refractivity (Wildman–Crippen MR) is 83.4 cm³/mol. The Labute approximate surface area is 120 Å². The van der Waals surface area contributed by atoms with Crippen LogP contribution in [0, 0.1) is 0 Å². The van der Waals surface area contributed by atoms with Crippen LogP contribution in [0.5, 0.6) is 0 Å². The van der Waals surface area contributed by atoms with Crippen LogP contribution in [0.15, 0.2) is 0 Å². The van der Waals surface area contributed by atoms with Gasteiger partial charge in [0.05, 0.1) is 19.3 Å². The predicted octanol–water partition coefficient (Wildman–Crippen LogP) is 3.64. The first-order valence-corrected chi connectivity index (χ1v) is 6.24. The summed E-state index contributed by atoms with van der Waals surface area (Å²) in [5, 5.41) is 2.81. The van der Waals surface area contributed by atoms with E-state index in [0.717, 1.165) is 0 Å².